The largest absolute Gasteiger partial charge is 0.310 e. The highest BCUT2D eigenvalue weighted by atomic mass is 15.2. The Balaban J connectivity index is 1.02. The molecule has 0 atom stereocenters. The molecule has 0 N–H and O–H groups in total. The van der Waals surface area contributed by atoms with Crippen molar-refractivity contribution in [1.82, 2.24) is 9.13 Å². The molecule has 1 aliphatic rings. The van der Waals surface area contributed by atoms with E-state index in [9.17, 15) is 0 Å². The fourth-order valence-electron chi connectivity index (χ4n) is 11.8. The van der Waals surface area contributed by atoms with Crippen LogP contribution in [0.5, 0.6) is 0 Å². The van der Waals surface area contributed by atoms with Crippen molar-refractivity contribution >= 4 is 77.7 Å². The molecule has 2 aromatic heterocycles. The van der Waals surface area contributed by atoms with Gasteiger partial charge in [0.05, 0.1) is 55.9 Å². The lowest BCUT2D eigenvalue weighted by Gasteiger charge is -2.46. The summed E-state index contributed by atoms with van der Waals surface area (Å²) in [5.41, 5.74) is 17.8. The van der Waals surface area contributed by atoms with Gasteiger partial charge >= 0.3 is 0 Å². The van der Waals surface area contributed by atoms with Gasteiger partial charge in [-0.05, 0) is 113 Å². The molecule has 0 spiro atoms. The molecular formula is C67H46N4. The second-order valence-corrected chi connectivity index (χ2v) is 18.5. The van der Waals surface area contributed by atoms with Crippen LogP contribution in [0.25, 0.3) is 55.0 Å². The van der Waals surface area contributed by atoms with E-state index in [4.69, 9.17) is 0 Å². The molecule has 0 aliphatic carbocycles. The summed E-state index contributed by atoms with van der Waals surface area (Å²) >= 11 is 0. The van der Waals surface area contributed by atoms with Crippen LogP contribution in [0.2, 0.25) is 0 Å². The summed E-state index contributed by atoms with van der Waals surface area (Å²) in [5, 5.41) is 4.83. The molecule has 71 heavy (non-hydrogen) atoms. The number of fused-ring (bicyclic) bond motifs is 8. The minimum absolute atomic E-state index is 0.543. The summed E-state index contributed by atoms with van der Waals surface area (Å²) in [6.07, 6.45) is 0. The van der Waals surface area contributed by atoms with E-state index in [0.29, 0.717) is 0 Å². The van der Waals surface area contributed by atoms with Gasteiger partial charge in [0.2, 0.25) is 0 Å². The molecule has 14 rings (SSSR count). The average Bonchev–Trinajstić information content (AvgIpc) is 3.96. The van der Waals surface area contributed by atoms with Gasteiger partial charge in [-0.3, -0.25) is 0 Å². The summed E-state index contributed by atoms with van der Waals surface area (Å²) < 4.78 is 4.91. The fourth-order valence-corrected chi connectivity index (χ4v) is 11.8. The maximum atomic E-state index is 2.49. The molecule has 334 valence electrons. The Bertz CT molecular complexity index is 3940. The van der Waals surface area contributed by atoms with Crippen LogP contribution >= 0.6 is 0 Å². The van der Waals surface area contributed by atoms with E-state index in [2.05, 4.69) is 298 Å². The monoisotopic (exact) mass is 906 g/mol. The zero-order valence-electron chi connectivity index (χ0n) is 38.8. The molecule has 0 amide bonds. The number of benzene rings is 11. The standard InChI is InChI=1S/C67H46N4/c1-5-23-47(24-6-1)67(48-25-7-2-8-26-48)59-34-16-21-39-65(59)69(66-40-22-17-35-60(66)67)51-41-42-64-58(46-51)57-33-15-20-38-63(57)71(64)54-44-52(68(49-27-9-3-10-28-49)50-29-11-4-12-30-50)43-53(45-54)70-61-36-18-13-31-55(61)56-32-14-19-37-62(56)70/h1-46H. The van der Waals surface area contributed by atoms with E-state index >= 15 is 0 Å². The van der Waals surface area contributed by atoms with E-state index in [1.165, 1.54) is 54.8 Å². The molecule has 4 nitrogen and oxygen atoms in total. The second kappa shape index (κ2) is 16.4. The van der Waals surface area contributed by atoms with E-state index in [0.717, 1.165) is 56.5 Å². The van der Waals surface area contributed by atoms with Crippen LogP contribution < -0.4 is 9.80 Å². The Kier molecular flexibility index (Phi) is 9.39. The van der Waals surface area contributed by atoms with Crippen LogP contribution in [-0.4, -0.2) is 9.13 Å². The third-order valence-corrected chi connectivity index (χ3v) is 14.7. The molecule has 13 aromatic rings. The number of nitrogens with zero attached hydrogens (tertiary/aromatic N) is 4. The maximum absolute atomic E-state index is 2.49. The van der Waals surface area contributed by atoms with Gasteiger partial charge in [-0.15, -0.1) is 0 Å². The van der Waals surface area contributed by atoms with Gasteiger partial charge in [-0.1, -0.05) is 188 Å². The molecular weight excluding hydrogens is 861 g/mol. The topological polar surface area (TPSA) is 16.3 Å². The molecule has 0 bridgehead atoms. The first-order valence-corrected chi connectivity index (χ1v) is 24.4. The lowest BCUT2D eigenvalue weighted by Crippen LogP contribution is -2.37. The predicted octanol–water partition coefficient (Wildman–Crippen LogP) is 17.5. The number of hydrogen-bond acceptors (Lipinski definition) is 2. The number of anilines is 6. The van der Waals surface area contributed by atoms with Crippen molar-refractivity contribution < 1.29 is 0 Å². The smallest absolute Gasteiger partial charge is 0.0742 e. The molecule has 0 unspecified atom stereocenters. The van der Waals surface area contributed by atoms with Crippen LogP contribution in [0.15, 0.2) is 279 Å². The fraction of sp³-hybridized carbons (Fsp3) is 0.0149. The Hall–Kier alpha value is -9.38. The molecule has 0 saturated heterocycles. The lowest BCUT2D eigenvalue weighted by atomic mass is 9.62. The third-order valence-electron chi connectivity index (χ3n) is 14.7. The normalized spacial score (nSPS) is 12.9. The Morgan fingerprint density at radius 2 is 0.648 bits per heavy atom. The summed E-state index contributed by atoms with van der Waals surface area (Å²) in [5.74, 6) is 0. The lowest BCUT2D eigenvalue weighted by molar-refractivity contribution is 0.731. The number of aromatic nitrogens is 2. The van der Waals surface area contributed by atoms with Gasteiger partial charge in [0.15, 0.2) is 0 Å². The van der Waals surface area contributed by atoms with Gasteiger partial charge in [-0.2, -0.15) is 0 Å². The first-order chi connectivity index (χ1) is 35.3. The van der Waals surface area contributed by atoms with Crippen molar-refractivity contribution in [3.63, 3.8) is 0 Å². The van der Waals surface area contributed by atoms with Crippen molar-refractivity contribution in [2.45, 2.75) is 5.41 Å². The van der Waals surface area contributed by atoms with E-state index in [1.54, 1.807) is 0 Å². The number of rotatable bonds is 8. The highest BCUT2D eigenvalue weighted by molar-refractivity contribution is 6.12. The molecule has 1 aliphatic heterocycles. The molecule has 0 radical (unpaired) electrons. The van der Waals surface area contributed by atoms with Gasteiger partial charge in [-0.25, -0.2) is 0 Å². The quantitative estimate of drug-likeness (QED) is 0.151. The van der Waals surface area contributed by atoms with E-state index < -0.39 is 5.41 Å². The first kappa shape index (κ1) is 40.7. The van der Waals surface area contributed by atoms with E-state index in [1.807, 2.05) is 0 Å². The van der Waals surface area contributed by atoms with Gasteiger partial charge in [0.1, 0.15) is 0 Å². The Morgan fingerprint density at radius 3 is 1.13 bits per heavy atom. The average molecular weight is 907 g/mol. The molecule has 11 aromatic carbocycles. The number of hydrogen-bond donors (Lipinski definition) is 0. The second-order valence-electron chi connectivity index (χ2n) is 18.5. The van der Waals surface area contributed by atoms with Crippen LogP contribution in [-0.2, 0) is 5.41 Å². The van der Waals surface area contributed by atoms with Crippen LogP contribution in [0, 0.1) is 0 Å². The van der Waals surface area contributed by atoms with Crippen LogP contribution in [0.3, 0.4) is 0 Å². The maximum Gasteiger partial charge on any atom is 0.0742 e. The first-order valence-electron chi connectivity index (χ1n) is 24.4. The number of para-hydroxylation sites is 7. The van der Waals surface area contributed by atoms with Crippen molar-refractivity contribution in [1.29, 1.82) is 0 Å². The summed E-state index contributed by atoms with van der Waals surface area (Å²) in [6.45, 7) is 0. The van der Waals surface area contributed by atoms with Crippen molar-refractivity contribution in [2.24, 2.45) is 0 Å². The van der Waals surface area contributed by atoms with Gasteiger partial charge in [0, 0.05) is 38.6 Å². The van der Waals surface area contributed by atoms with Gasteiger partial charge < -0.3 is 18.9 Å². The van der Waals surface area contributed by atoms with Crippen molar-refractivity contribution in [3.05, 3.63) is 301 Å². The highest BCUT2D eigenvalue weighted by Crippen LogP contribution is 2.58. The van der Waals surface area contributed by atoms with Gasteiger partial charge in [0.25, 0.3) is 0 Å². The SMILES string of the molecule is c1ccc(N(c2ccccc2)c2cc(-n3c4ccccc4c4ccccc43)cc(-n3c4ccccc4c4cc(N5c6ccccc6C(c6ccccc6)(c6ccccc6)c6ccccc65)ccc43)c2)cc1. The zero-order chi connectivity index (χ0) is 46.9. The predicted molar refractivity (Wildman–Crippen MR) is 296 cm³/mol. The molecule has 4 heteroatoms. The third kappa shape index (κ3) is 6.25. The van der Waals surface area contributed by atoms with E-state index in [-0.39, 0.29) is 0 Å². The molecule has 3 heterocycles. The van der Waals surface area contributed by atoms with Crippen molar-refractivity contribution in [2.75, 3.05) is 9.80 Å². The minimum Gasteiger partial charge on any atom is -0.310 e. The Labute approximate surface area is 412 Å². The highest BCUT2D eigenvalue weighted by Gasteiger charge is 2.46. The summed E-state index contributed by atoms with van der Waals surface area (Å²) in [7, 11) is 0. The van der Waals surface area contributed by atoms with Crippen LogP contribution in [0.1, 0.15) is 22.3 Å². The molecule has 0 fully saturated rings. The molecule has 0 saturated carbocycles. The minimum atomic E-state index is -0.543. The summed E-state index contributed by atoms with van der Waals surface area (Å²) in [4.78, 5) is 4.86. The van der Waals surface area contributed by atoms with Crippen molar-refractivity contribution in [3.8, 4) is 11.4 Å². The summed E-state index contributed by atoms with van der Waals surface area (Å²) in [6, 6.07) is 102. The Morgan fingerprint density at radius 1 is 0.268 bits per heavy atom. The zero-order valence-corrected chi connectivity index (χ0v) is 38.8. The van der Waals surface area contributed by atoms with Crippen LogP contribution in [0.4, 0.5) is 34.1 Å².